The van der Waals surface area contributed by atoms with Gasteiger partial charge in [-0.25, -0.2) is 4.98 Å². The summed E-state index contributed by atoms with van der Waals surface area (Å²) in [6, 6.07) is 11.4. The first kappa shape index (κ1) is 13.1. The lowest BCUT2D eigenvalue weighted by atomic mass is 10.1. The van der Waals surface area contributed by atoms with Crippen LogP contribution >= 0.6 is 0 Å². The number of aromatic nitrogens is 1. The molecule has 3 N–H and O–H groups in total. The van der Waals surface area contributed by atoms with Crippen molar-refractivity contribution in [3.05, 3.63) is 58.8 Å². The SMILES string of the molecule is Cc1ccc(CNC(=O)c2cc(C)nc(N)c2)cc1. The van der Waals surface area contributed by atoms with Crippen LogP contribution < -0.4 is 11.1 Å². The van der Waals surface area contributed by atoms with E-state index < -0.39 is 0 Å². The Labute approximate surface area is 112 Å². The van der Waals surface area contributed by atoms with Crippen LogP contribution in [0, 0.1) is 13.8 Å². The van der Waals surface area contributed by atoms with Crippen molar-refractivity contribution in [2.24, 2.45) is 0 Å². The van der Waals surface area contributed by atoms with Crippen molar-refractivity contribution in [1.29, 1.82) is 0 Å². The molecule has 0 atom stereocenters. The molecule has 4 nitrogen and oxygen atoms in total. The molecule has 1 heterocycles. The molecule has 0 aliphatic rings. The number of nitrogens with one attached hydrogen (secondary N) is 1. The maximum atomic E-state index is 12.0. The number of nitrogens with zero attached hydrogens (tertiary/aromatic N) is 1. The van der Waals surface area contributed by atoms with Crippen LogP contribution in [0.5, 0.6) is 0 Å². The molecule has 0 unspecified atom stereocenters. The van der Waals surface area contributed by atoms with E-state index in [0.29, 0.717) is 17.9 Å². The number of hydrogen-bond donors (Lipinski definition) is 2. The summed E-state index contributed by atoms with van der Waals surface area (Å²) in [5.74, 6) is 0.221. The first-order chi connectivity index (χ1) is 9.04. The largest absolute Gasteiger partial charge is 0.384 e. The van der Waals surface area contributed by atoms with Crippen LogP contribution in [-0.2, 0) is 6.54 Å². The molecule has 0 aliphatic carbocycles. The van der Waals surface area contributed by atoms with Gasteiger partial charge in [-0.15, -0.1) is 0 Å². The van der Waals surface area contributed by atoms with Gasteiger partial charge in [0.1, 0.15) is 5.82 Å². The van der Waals surface area contributed by atoms with Crippen LogP contribution in [0.3, 0.4) is 0 Å². The zero-order valence-electron chi connectivity index (χ0n) is 11.1. The summed E-state index contributed by atoms with van der Waals surface area (Å²) < 4.78 is 0. The van der Waals surface area contributed by atoms with Gasteiger partial charge in [0, 0.05) is 17.8 Å². The minimum absolute atomic E-state index is 0.141. The van der Waals surface area contributed by atoms with Gasteiger partial charge in [-0.2, -0.15) is 0 Å². The molecule has 0 fully saturated rings. The van der Waals surface area contributed by atoms with Gasteiger partial charge < -0.3 is 11.1 Å². The van der Waals surface area contributed by atoms with E-state index in [1.807, 2.05) is 38.1 Å². The molecule has 0 saturated carbocycles. The number of aryl methyl sites for hydroxylation is 2. The molecule has 0 aliphatic heterocycles. The number of pyridine rings is 1. The van der Waals surface area contributed by atoms with Gasteiger partial charge in [-0.3, -0.25) is 4.79 Å². The Kier molecular flexibility index (Phi) is 3.80. The number of hydrogen-bond acceptors (Lipinski definition) is 3. The molecule has 19 heavy (non-hydrogen) atoms. The zero-order valence-corrected chi connectivity index (χ0v) is 11.1. The molecule has 1 aromatic carbocycles. The fourth-order valence-corrected chi connectivity index (χ4v) is 1.82. The summed E-state index contributed by atoms with van der Waals surface area (Å²) in [7, 11) is 0. The van der Waals surface area contributed by atoms with Gasteiger partial charge >= 0.3 is 0 Å². The van der Waals surface area contributed by atoms with Crippen LogP contribution in [0.4, 0.5) is 5.82 Å². The van der Waals surface area contributed by atoms with E-state index in [-0.39, 0.29) is 5.91 Å². The lowest BCUT2D eigenvalue weighted by Gasteiger charge is -2.07. The first-order valence-electron chi connectivity index (χ1n) is 6.12. The molecule has 0 saturated heterocycles. The number of amides is 1. The van der Waals surface area contributed by atoms with Gasteiger partial charge in [0.25, 0.3) is 5.91 Å². The molecule has 0 bridgehead atoms. The van der Waals surface area contributed by atoms with Crippen molar-refractivity contribution in [3.63, 3.8) is 0 Å². The topological polar surface area (TPSA) is 68.0 Å². The van der Waals surface area contributed by atoms with E-state index in [1.165, 1.54) is 5.56 Å². The molecule has 0 radical (unpaired) electrons. The summed E-state index contributed by atoms with van der Waals surface area (Å²) in [4.78, 5) is 16.0. The highest BCUT2D eigenvalue weighted by Gasteiger charge is 2.07. The van der Waals surface area contributed by atoms with Crippen LogP contribution in [0.25, 0.3) is 0 Å². The smallest absolute Gasteiger partial charge is 0.251 e. The Morgan fingerprint density at radius 1 is 1.21 bits per heavy atom. The number of carbonyl (C=O) groups is 1. The second kappa shape index (κ2) is 5.52. The number of nitrogen functional groups attached to an aromatic ring is 1. The maximum absolute atomic E-state index is 12.0. The first-order valence-corrected chi connectivity index (χ1v) is 6.12. The highest BCUT2D eigenvalue weighted by Crippen LogP contribution is 2.08. The van der Waals surface area contributed by atoms with Crippen molar-refractivity contribution in [2.45, 2.75) is 20.4 Å². The Bertz CT molecular complexity index is 571. The lowest BCUT2D eigenvalue weighted by Crippen LogP contribution is -2.23. The van der Waals surface area contributed by atoms with E-state index in [2.05, 4.69) is 10.3 Å². The van der Waals surface area contributed by atoms with E-state index in [0.717, 1.165) is 11.3 Å². The quantitative estimate of drug-likeness (QED) is 0.883. The molecular weight excluding hydrogens is 238 g/mol. The zero-order chi connectivity index (χ0) is 13.8. The second-order valence-corrected chi connectivity index (χ2v) is 4.59. The Morgan fingerprint density at radius 3 is 2.53 bits per heavy atom. The average Bonchev–Trinajstić information content (AvgIpc) is 2.36. The van der Waals surface area contributed by atoms with Gasteiger partial charge in [0.15, 0.2) is 0 Å². The fourth-order valence-electron chi connectivity index (χ4n) is 1.82. The summed E-state index contributed by atoms with van der Waals surface area (Å²) in [5.41, 5.74) is 9.17. The van der Waals surface area contributed by atoms with Crippen LogP contribution in [0.1, 0.15) is 27.2 Å². The normalized spacial score (nSPS) is 10.2. The molecule has 4 heteroatoms. The van der Waals surface area contributed by atoms with E-state index in [1.54, 1.807) is 12.1 Å². The Morgan fingerprint density at radius 2 is 1.89 bits per heavy atom. The third-order valence-corrected chi connectivity index (χ3v) is 2.81. The summed E-state index contributed by atoms with van der Waals surface area (Å²) >= 11 is 0. The van der Waals surface area contributed by atoms with E-state index in [9.17, 15) is 4.79 Å². The predicted octanol–water partition coefficient (Wildman–Crippen LogP) is 2.21. The number of anilines is 1. The minimum Gasteiger partial charge on any atom is -0.384 e. The lowest BCUT2D eigenvalue weighted by molar-refractivity contribution is 0.0950. The van der Waals surface area contributed by atoms with Crippen molar-refractivity contribution < 1.29 is 4.79 Å². The molecule has 2 rings (SSSR count). The van der Waals surface area contributed by atoms with Gasteiger partial charge in [0.05, 0.1) is 0 Å². The maximum Gasteiger partial charge on any atom is 0.251 e. The number of benzene rings is 1. The van der Waals surface area contributed by atoms with Crippen molar-refractivity contribution in [1.82, 2.24) is 10.3 Å². The van der Waals surface area contributed by atoms with Gasteiger partial charge in [-0.1, -0.05) is 29.8 Å². The van der Waals surface area contributed by atoms with Crippen molar-refractivity contribution in [2.75, 3.05) is 5.73 Å². The second-order valence-electron chi connectivity index (χ2n) is 4.59. The third kappa shape index (κ3) is 3.55. The number of nitrogens with two attached hydrogens (primary N) is 1. The summed E-state index contributed by atoms with van der Waals surface area (Å²) in [6.07, 6.45) is 0. The van der Waals surface area contributed by atoms with Gasteiger partial charge in [0.2, 0.25) is 0 Å². The predicted molar refractivity (Wildman–Crippen MR) is 75.7 cm³/mol. The number of rotatable bonds is 3. The van der Waals surface area contributed by atoms with Crippen LogP contribution in [0.2, 0.25) is 0 Å². The molecule has 1 aromatic heterocycles. The van der Waals surface area contributed by atoms with Crippen LogP contribution in [0.15, 0.2) is 36.4 Å². The molecule has 1 amide bonds. The number of carbonyl (C=O) groups excluding carboxylic acids is 1. The Hall–Kier alpha value is -2.36. The summed E-state index contributed by atoms with van der Waals surface area (Å²) in [6.45, 7) is 4.35. The van der Waals surface area contributed by atoms with E-state index >= 15 is 0 Å². The monoisotopic (exact) mass is 255 g/mol. The molecule has 0 spiro atoms. The average molecular weight is 255 g/mol. The molecule has 98 valence electrons. The molecule has 2 aromatic rings. The third-order valence-electron chi connectivity index (χ3n) is 2.81. The van der Waals surface area contributed by atoms with Crippen LogP contribution in [-0.4, -0.2) is 10.9 Å². The summed E-state index contributed by atoms with van der Waals surface area (Å²) in [5, 5.41) is 2.87. The minimum atomic E-state index is -0.141. The van der Waals surface area contributed by atoms with Crippen molar-refractivity contribution >= 4 is 11.7 Å². The standard InChI is InChI=1S/C15H17N3O/c1-10-3-5-12(6-4-10)9-17-15(19)13-7-11(2)18-14(16)8-13/h3-8H,9H2,1-2H3,(H2,16,18)(H,17,19). The van der Waals surface area contributed by atoms with Gasteiger partial charge in [-0.05, 0) is 31.5 Å². The van der Waals surface area contributed by atoms with E-state index in [4.69, 9.17) is 5.73 Å². The fraction of sp³-hybridized carbons (Fsp3) is 0.200. The van der Waals surface area contributed by atoms with Crippen molar-refractivity contribution in [3.8, 4) is 0 Å². The highest BCUT2D eigenvalue weighted by atomic mass is 16.1. The highest BCUT2D eigenvalue weighted by molar-refractivity contribution is 5.94. The molecular formula is C15H17N3O. The Balaban J connectivity index is 2.03.